The zero-order chi connectivity index (χ0) is 34.5. The summed E-state index contributed by atoms with van der Waals surface area (Å²) in [7, 11) is -6.83. The average molecular weight is 705 g/mol. The number of alkyl halides is 2. The smallest absolute Gasteiger partial charge is 0.387 e. The first-order valence-electron chi connectivity index (χ1n) is 13.6. The van der Waals surface area contributed by atoms with Crippen molar-refractivity contribution in [3.8, 4) is 23.0 Å². The number of carbonyl (C=O) groups is 1. The second kappa shape index (κ2) is 14.2. The standard InChI is InChI=1S/C29H26F2N6O9S2/c1-43-24-12-14-32-22(27(24)44-2)16-34-47(39,40)29-35-21-11-8-19(46-28(30)31)15-23(21)37(29)48(41,42)20-9-6-18(7-10-20)45-17-26(38)36-25-5-3-4-13-33-25/h3-15,28,34H,16-17H2,1-2H3,(H,33,36,38). The molecule has 0 saturated heterocycles. The molecule has 0 bridgehead atoms. The van der Waals surface area contributed by atoms with Gasteiger partial charge in [0.2, 0.25) is 0 Å². The highest BCUT2D eigenvalue weighted by molar-refractivity contribution is 7.92. The van der Waals surface area contributed by atoms with Crippen molar-refractivity contribution in [1.82, 2.24) is 23.6 Å². The quantitative estimate of drug-likeness (QED) is 0.172. The van der Waals surface area contributed by atoms with Gasteiger partial charge in [-0.15, -0.1) is 0 Å². The molecular formula is C29H26F2N6O9S2. The van der Waals surface area contributed by atoms with Crippen LogP contribution in [0.15, 0.2) is 89.2 Å². The fraction of sp³-hybridized carbons (Fsp3) is 0.172. The molecule has 0 unspecified atom stereocenters. The van der Waals surface area contributed by atoms with Gasteiger partial charge in [-0.05, 0) is 48.5 Å². The number of hydrogen-bond acceptors (Lipinski definition) is 12. The van der Waals surface area contributed by atoms with Crippen molar-refractivity contribution in [3.05, 3.63) is 84.8 Å². The molecule has 0 aliphatic heterocycles. The summed E-state index contributed by atoms with van der Waals surface area (Å²) in [6.45, 7) is -4.14. The monoisotopic (exact) mass is 704 g/mol. The summed E-state index contributed by atoms with van der Waals surface area (Å²) in [5.41, 5.74) is -0.406. The first kappa shape index (κ1) is 33.9. The molecule has 5 aromatic rings. The van der Waals surface area contributed by atoms with E-state index in [1.807, 2.05) is 0 Å². The van der Waals surface area contributed by atoms with E-state index in [0.29, 0.717) is 9.79 Å². The van der Waals surface area contributed by atoms with Crippen LogP contribution in [0, 0.1) is 0 Å². The maximum Gasteiger partial charge on any atom is 0.387 e. The molecular weight excluding hydrogens is 678 g/mol. The highest BCUT2D eigenvalue weighted by atomic mass is 32.2. The van der Waals surface area contributed by atoms with Crippen molar-refractivity contribution < 1.29 is 49.4 Å². The van der Waals surface area contributed by atoms with Crippen LogP contribution < -0.4 is 29.0 Å². The number of pyridine rings is 2. The number of aromatic nitrogens is 4. The molecule has 3 heterocycles. The Kier molecular flexibility index (Phi) is 10.0. The second-order valence-corrected chi connectivity index (χ2v) is 13.0. The number of imidazole rings is 1. The van der Waals surface area contributed by atoms with Gasteiger partial charge in [0, 0.05) is 24.5 Å². The minimum atomic E-state index is -4.79. The molecule has 0 aliphatic rings. The average Bonchev–Trinajstić information content (AvgIpc) is 3.47. The van der Waals surface area contributed by atoms with Crippen LogP contribution >= 0.6 is 0 Å². The van der Waals surface area contributed by atoms with E-state index >= 15 is 0 Å². The third kappa shape index (κ3) is 7.42. The highest BCUT2D eigenvalue weighted by Gasteiger charge is 2.32. The van der Waals surface area contributed by atoms with Crippen LogP contribution in [0.5, 0.6) is 23.0 Å². The number of carbonyl (C=O) groups excluding carboxylic acids is 1. The summed E-state index contributed by atoms with van der Waals surface area (Å²) in [6, 6.07) is 14.3. The lowest BCUT2D eigenvalue weighted by Gasteiger charge is -2.14. The van der Waals surface area contributed by atoms with E-state index in [-0.39, 0.29) is 34.0 Å². The molecule has 1 amide bonds. The molecule has 0 aliphatic carbocycles. The largest absolute Gasteiger partial charge is 0.493 e. The first-order valence-corrected chi connectivity index (χ1v) is 16.6. The predicted molar refractivity (Wildman–Crippen MR) is 165 cm³/mol. The topological polar surface area (TPSA) is 190 Å². The third-order valence-electron chi connectivity index (χ3n) is 6.48. The van der Waals surface area contributed by atoms with Crippen LogP contribution in [0.2, 0.25) is 0 Å². The molecule has 19 heteroatoms. The molecule has 0 radical (unpaired) electrons. The number of anilines is 1. The van der Waals surface area contributed by atoms with Crippen LogP contribution in [-0.2, 0) is 31.4 Å². The molecule has 0 fully saturated rings. The molecule has 3 aromatic heterocycles. The van der Waals surface area contributed by atoms with E-state index in [1.54, 1.807) is 18.2 Å². The van der Waals surface area contributed by atoms with Crippen LogP contribution in [0.1, 0.15) is 5.69 Å². The molecule has 15 nitrogen and oxygen atoms in total. The normalized spacial score (nSPS) is 11.8. The van der Waals surface area contributed by atoms with Gasteiger partial charge in [0.1, 0.15) is 23.0 Å². The van der Waals surface area contributed by atoms with Gasteiger partial charge >= 0.3 is 6.61 Å². The fourth-order valence-corrected chi connectivity index (χ4v) is 7.29. The Morgan fingerprint density at radius 3 is 2.33 bits per heavy atom. The highest BCUT2D eigenvalue weighted by Crippen LogP contribution is 2.32. The first-order chi connectivity index (χ1) is 22.9. The lowest BCUT2D eigenvalue weighted by Crippen LogP contribution is -2.29. The van der Waals surface area contributed by atoms with Gasteiger partial charge in [-0.1, -0.05) is 6.07 Å². The lowest BCUT2D eigenvalue weighted by atomic mass is 10.3. The van der Waals surface area contributed by atoms with Crippen molar-refractivity contribution >= 4 is 42.8 Å². The number of amides is 1. The fourth-order valence-electron chi connectivity index (χ4n) is 4.37. The number of methoxy groups -OCH3 is 2. The minimum absolute atomic E-state index is 0.113. The van der Waals surface area contributed by atoms with Gasteiger partial charge in [0.25, 0.3) is 31.1 Å². The van der Waals surface area contributed by atoms with E-state index in [4.69, 9.17) is 14.2 Å². The van der Waals surface area contributed by atoms with Crippen molar-refractivity contribution in [2.45, 2.75) is 23.2 Å². The maximum atomic E-state index is 14.0. The van der Waals surface area contributed by atoms with Crippen molar-refractivity contribution in [3.63, 3.8) is 0 Å². The van der Waals surface area contributed by atoms with Crippen LogP contribution in [-0.4, -0.2) is 69.1 Å². The number of nitrogens with one attached hydrogen (secondary N) is 2. The molecule has 252 valence electrons. The molecule has 48 heavy (non-hydrogen) atoms. The van der Waals surface area contributed by atoms with E-state index < -0.39 is 61.5 Å². The van der Waals surface area contributed by atoms with E-state index in [0.717, 1.165) is 30.3 Å². The van der Waals surface area contributed by atoms with Gasteiger partial charge in [0.05, 0.1) is 36.7 Å². The molecule has 2 N–H and O–H groups in total. The summed E-state index contributed by atoms with van der Waals surface area (Å²) in [5, 5.41) is 1.56. The molecule has 2 aromatic carbocycles. The van der Waals surface area contributed by atoms with Crippen LogP contribution in [0.25, 0.3) is 11.0 Å². The summed E-state index contributed by atoms with van der Waals surface area (Å²) in [4.78, 5) is 23.9. The predicted octanol–water partition coefficient (Wildman–Crippen LogP) is 3.18. The van der Waals surface area contributed by atoms with E-state index in [2.05, 4.69) is 29.7 Å². The SMILES string of the molecule is COc1ccnc(CNS(=O)(=O)c2nc3ccc(OC(F)F)cc3n2S(=O)(=O)c2ccc(OCC(=O)Nc3ccccn3)cc2)c1OC. The van der Waals surface area contributed by atoms with Crippen LogP contribution in [0.3, 0.4) is 0 Å². The Labute approximate surface area is 272 Å². The van der Waals surface area contributed by atoms with Crippen molar-refractivity contribution in [2.75, 3.05) is 26.1 Å². The van der Waals surface area contributed by atoms with Gasteiger partial charge in [-0.2, -0.15) is 8.78 Å². The Morgan fingerprint density at radius 1 is 0.917 bits per heavy atom. The lowest BCUT2D eigenvalue weighted by molar-refractivity contribution is -0.118. The van der Waals surface area contributed by atoms with Crippen LogP contribution in [0.4, 0.5) is 14.6 Å². The third-order valence-corrected chi connectivity index (χ3v) is 9.59. The maximum absolute atomic E-state index is 14.0. The zero-order valence-corrected chi connectivity index (χ0v) is 26.7. The Bertz CT molecular complexity index is 2150. The molecule has 0 spiro atoms. The minimum Gasteiger partial charge on any atom is -0.493 e. The van der Waals surface area contributed by atoms with Gasteiger partial charge in [-0.25, -0.2) is 35.5 Å². The van der Waals surface area contributed by atoms with Crippen molar-refractivity contribution in [2.24, 2.45) is 0 Å². The Hall–Kier alpha value is -5.40. The van der Waals surface area contributed by atoms with Gasteiger partial charge in [-0.3, -0.25) is 9.78 Å². The number of sulfonamides is 1. The number of rotatable bonds is 14. The Morgan fingerprint density at radius 2 is 1.67 bits per heavy atom. The number of ether oxygens (including phenoxy) is 4. The number of nitrogens with zero attached hydrogens (tertiary/aromatic N) is 4. The summed E-state index contributed by atoms with van der Waals surface area (Å²) in [5.74, 6) is -0.146. The van der Waals surface area contributed by atoms with Gasteiger partial charge < -0.3 is 24.3 Å². The van der Waals surface area contributed by atoms with E-state index in [1.165, 1.54) is 44.8 Å². The summed E-state index contributed by atoms with van der Waals surface area (Å²) >= 11 is 0. The number of benzene rings is 2. The molecule has 0 atom stereocenters. The van der Waals surface area contributed by atoms with Crippen molar-refractivity contribution in [1.29, 1.82) is 0 Å². The molecule has 5 rings (SSSR count). The zero-order valence-electron chi connectivity index (χ0n) is 25.0. The molecule has 0 saturated carbocycles. The second-order valence-electron chi connectivity index (χ2n) is 9.53. The van der Waals surface area contributed by atoms with Gasteiger partial charge in [0.15, 0.2) is 18.1 Å². The number of halogens is 2. The van der Waals surface area contributed by atoms with E-state index in [9.17, 15) is 30.4 Å². The summed E-state index contributed by atoms with van der Waals surface area (Å²) in [6.07, 6.45) is 2.85. The number of hydrogen-bond donors (Lipinski definition) is 2. The summed E-state index contributed by atoms with van der Waals surface area (Å²) < 4.78 is 104. The number of fused-ring (bicyclic) bond motifs is 1. The Balaban J connectivity index is 1.47.